The molecule has 3 nitrogen and oxygen atoms in total. The van der Waals surface area contributed by atoms with Gasteiger partial charge in [-0.15, -0.1) is 11.3 Å². The Morgan fingerprint density at radius 2 is 2.27 bits per heavy atom. The van der Waals surface area contributed by atoms with Gasteiger partial charge in [-0.3, -0.25) is 0 Å². The van der Waals surface area contributed by atoms with E-state index < -0.39 is 0 Å². The van der Waals surface area contributed by atoms with Crippen LogP contribution in [-0.4, -0.2) is 35.7 Å². The molecule has 0 unspecified atom stereocenters. The molecule has 1 heterocycles. The molecule has 84 valence electrons. The van der Waals surface area contributed by atoms with E-state index in [0.29, 0.717) is 6.61 Å². The van der Waals surface area contributed by atoms with Gasteiger partial charge in [-0.25, -0.2) is 4.98 Å². The van der Waals surface area contributed by atoms with E-state index in [4.69, 9.17) is 0 Å². The monoisotopic (exact) mass is 226 g/mol. The maximum Gasteiger partial charge on any atom is 0.0934 e. The van der Waals surface area contributed by atoms with E-state index in [9.17, 15) is 5.11 Å². The third-order valence-electron chi connectivity index (χ3n) is 2.89. The summed E-state index contributed by atoms with van der Waals surface area (Å²) in [7, 11) is 4.13. The van der Waals surface area contributed by atoms with Crippen LogP contribution in [0.1, 0.15) is 22.7 Å². The molecule has 15 heavy (non-hydrogen) atoms. The molecular weight excluding hydrogens is 208 g/mol. The minimum Gasteiger partial charge on any atom is -0.396 e. The van der Waals surface area contributed by atoms with Crippen molar-refractivity contribution in [1.82, 2.24) is 9.88 Å². The van der Waals surface area contributed by atoms with Crippen LogP contribution >= 0.6 is 11.3 Å². The highest BCUT2D eigenvalue weighted by molar-refractivity contribution is 7.11. The standard InChI is InChI=1S/C11H18N2OS/c1-13(2)7-9-6-12-10(15-9)5-11(8-14)3-4-11/h6,14H,3-5,7-8H2,1-2H3. The summed E-state index contributed by atoms with van der Waals surface area (Å²) in [6, 6.07) is 0. The molecule has 1 aromatic heterocycles. The number of hydrogen-bond acceptors (Lipinski definition) is 4. The number of aliphatic hydroxyl groups excluding tert-OH is 1. The molecule has 1 saturated carbocycles. The first kappa shape index (κ1) is 11.0. The third kappa shape index (κ3) is 2.77. The van der Waals surface area contributed by atoms with Crippen molar-refractivity contribution >= 4 is 11.3 Å². The van der Waals surface area contributed by atoms with Gasteiger partial charge in [-0.1, -0.05) is 0 Å². The van der Waals surface area contributed by atoms with E-state index >= 15 is 0 Å². The fraction of sp³-hybridized carbons (Fsp3) is 0.727. The molecule has 0 radical (unpaired) electrons. The molecule has 0 aliphatic heterocycles. The fourth-order valence-electron chi connectivity index (χ4n) is 1.70. The number of aromatic nitrogens is 1. The Morgan fingerprint density at radius 1 is 1.53 bits per heavy atom. The summed E-state index contributed by atoms with van der Waals surface area (Å²) in [5, 5.41) is 10.4. The second-order valence-electron chi connectivity index (χ2n) is 4.79. The number of hydrogen-bond donors (Lipinski definition) is 1. The average Bonchev–Trinajstić information content (AvgIpc) is 2.82. The highest BCUT2D eigenvalue weighted by Crippen LogP contribution is 2.48. The summed E-state index contributed by atoms with van der Waals surface area (Å²) in [6.45, 7) is 1.28. The second-order valence-corrected chi connectivity index (χ2v) is 5.99. The lowest BCUT2D eigenvalue weighted by Crippen LogP contribution is -2.09. The van der Waals surface area contributed by atoms with Crippen LogP contribution in [0.25, 0.3) is 0 Å². The van der Waals surface area contributed by atoms with Crippen LogP contribution in [0, 0.1) is 5.41 Å². The Morgan fingerprint density at radius 3 is 2.80 bits per heavy atom. The first-order valence-electron chi connectivity index (χ1n) is 5.33. The van der Waals surface area contributed by atoms with Crippen molar-refractivity contribution in [2.24, 2.45) is 5.41 Å². The quantitative estimate of drug-likeness (QED) is 0.827. The van der Waals surface area contributed by atoms with Gasteiger partial charge in [0.2, 0.25) is 0 Å². The van der Waals surface area contributed by atoms with E-state index in [1.165, 1.54) is 9.88 Å². The summed E-state index contributed by atoms with van der Waals surface area (Å²) in [5.41, 5.74) is 0.188. The van der Waals surface area contributed by atoms with Crippen molar-refractivity contribution in [2.45, 2.75) is 25.8 Å². The maximum absolute atomic E-state index is 9.24. The average molecular weight is 226 g/mol. The molecule has 1 N–H and O–H groups in total. The summed E-state index contributed by atoms with van der Waals surface area (Å²) in [6.07, 6.45) is 5.24. The van der Waals surface area contributed by atoms with Crippen molar-refractivity contribution in [2.75, 3.05) is 20.7 Å². The largest absolute Gasteiger partial charge is 0.396 e. The van der Waals surface area contributed by atoms with Crippen molar-refractivity contribution in [3.63, 3.8) is 0 Å². The van der Waals surface area contributed by atoms with Crippen LogP contribution in [0.15, 0.2) is 6.20 Å². The summed E-state index contributed by atoms with van der Waals surface area (Å²) >= 11 is 1.78. The Balaban J connectivity index is 1.95. The first-order chi connectivity index (χ1) is 7.13. The molecule has 4 heteroatoms. The van der Waals surface area contributed by atoms with Gasteiger partial charge >= 0.3 is 0 Å². The molecule has 1 aromatic rings. The van der Waals surface area contributed by atoms with Crippen LogP contribution < -0.4 is 0 Å². The predicted molar refractivity (Wildman–Crippen MR) is 62.0 cm³/mol. The SMILES string of the molecule is CN(C)Cc1cnc(CC2(CO)CC2)s1. The van der Waals surface area contributed by atoms with Crippen LogP contribution in [0.3, 0.4) is 0 Å². The second kappa shape index (κ2) is 4.20. The zero-order chi connectivity index (χ0) is 10.9. The zero-order valence-electron chi connectivity index (χ0n) is 9.36. The van der Waals surface area contributed by atoms with E-state index in [0.717, 1.165) is 25.8 Å². The van der Waals surface area contributed by atoms with Crippen LogP contribution in [0.4, 0.5) is 0 Å². The molecular formula is C11H18N2OS. The molecule has 0 bridgehead atoms. The highest BCUT2D eigenvalue weighted by atomic mass is 32.1. The van der Waals surface area contributed by atoms with Crippen LogP contribution in [0.2, 0.25) is 0 Å². The molecule has 1 fully saturated rings. The molecule has 2 rings (SSSR count). The topological polar surface area (TPSA) is 36.4 Å². The van der Waals surface area contributed by atoms with Gasteiger partial charge in [-0.2, -0.15) is 0 Å². The lowest BCUT2D eigenvalue weighted by molar-refractivity contribution is 0.211. The number of aliphatic hydroxyl groups is 1. The minimum atomic E-state index is 0.188. The number of nitrogens with zero attached hydrogens (tertiary/aromatic N) is 2. The predicted octanol–water partition coefficient (Wildman–Crippen LogP) is 1.52. The van der Waals surface area contributed by atoms with Gasteiger partial charge in [0.1, 0.15) is 0 Å². The van der Waals surface area contributed by atoms with Crippen molar-refractivity contribution in [3.05, 3.63) is 16.1 Å². The lowest BCUT2D eigenvalue weighted by Gasteiger charge is -2.08. The smallest absolute Gasteiger partial charge is 0.0934 e. The van der Waals surface area contributed by atoms with Gasteiger partial charge in [0.15, 0.2) is 0 Å². The summed E-state index contributed by atoms with van der Waals surface area (Å²) in [5.74, 6) is 0. The molecule has 0 saturated heterocycles. The van der Waals surface area contributed by atoms with Crippen LogP contribution in [0.5, 0.6) is 0 Å². The molecule has 1 aliphatic carbocycles. The molecule has 1 aliphatic rings. The molecule has 0 aromatic carbocycles. The van der Waals surface area contributed by atoms with Crippen LogP contribution in [-0.2, 0) is 13.0 Å². The minimum absolute atomic E-state index is 0.188. The van der Waals surface area contributed by atoms with Gasteiger partial charge in [-0.05, 0) is 32.4 Å². The van der Waals surface area contributed by atoms with E-state index in [-0.39, 0.29) is 5.41 Å². The Hall–Kier alpha value is -0.450. The van der Waals surface area contributed by atoms with Gasteiger partial charge in [0.05, 0.1) is 5.01 Å². The van der Waals surface area contributed by atoms with E-state index in [1.54, 1.807) is 11.3 Å². The van der Waals surface area contributed by atoms with Gasteiger partial charge < -0.3 is 10.0 Å². The molecule has 0 amide bonds. The number of thiazole rings is 1. The third-order valence-corrected chi connectivity index (χ3v) is 3.87. The Kier molecular flexibility index (Phi) is 3.09. The summed E-state index contributed by atoms with van der Waals surface area (Å²) < 4.78 is 0. The van der Waals surface area contributed by atoms with Crippen molar-refractivity contribution in [1.29, 1.82) is 0 Å². The Bertz CT molecular complexity index is 331. The van der Waals surface area contributed by atoms with E-state index in [2.05, 4.69) is 24.0 Å². The molecule has 0 atom stereocenters. The lowest BCUT2D eigenvalue weighted by atomic mass is 10.1. The van der Waals surface area contributed by atoms with Gasteiger partial charge in [0.25, 0.3) is 0 Å². The van der Waals surface area contributed by atoms with Crippen molar-refractivity contribution in [3.8, 4) is 0 Å². The highest BCUT2D eigenvalue weighted by Gasteiger charge is 2.42. The Labute approximate surface area is 94.8 Å². The first-order valence-corrected chi connectivity index (χ1v) is 6.14. The normalized spacial score (nSPS) is 18.4. The maximum atomic E-state index is 9.24. The van der Waals surface area contributed by atoms with Gasteiger partial charge in [0, 0.05) is 30.6 Å². The van der Waals surface area contributed by atoms with E-state index in [1.807, 2.05) is 6.20 Å². The molecule has 0 spiro atoms. The fourth-order valence-corrected chi connectivity index (χ4v) is 2.92. The zero-order valence-corrected chi connectivity index (χ0v) is 10.2. The summed E-state index contributed by atoms with van der Waals surface area (Å²) in [4.78, 5) is 7.88. The number of rotatable bonds is 5. The van der Waals surface area contributed by atoms with Crippen molar-refractivity contribution < 1.29 is 5.11 Å².